The predicted molar refractivity (Wildman–Crippen MR) is 74.0 cm³/mol. The van der Waals surface area contributed by atoms with Gasteiger partial charge in [0.25, 0.3) is 0 Å². The second-order valence-electron chi connectivity index (χ2n) is 5.41. The van der Waals surface area contributed by atoms with Crippen LogP contribution in [0.3, 0.4) is 0 Å². The topological polar surface area (TPSA) is 47.3 Å². The van der Waals surface area contributed by atoms with Crippen LogP contribution in [0.5, 0.6) is 0 Å². The number of hydrazine groups is 1. The Morgan fingerprint density at radius 2 is 1.85 bits per heavy atom. The fourth-order valence-electron chi connectivity index (χ4n) is 3.22. The molecule has 112 valence electrons. The lowest BCUT2D eigenvalue weighted by molar-refractivity contribution is -0.0613. The van der Waals surface area contributed by atoms with Crippen molar-refractivity contribution in [2.24, 2.45) is 5.84 Å². The molecule has 1 aromatic carbocycles. The molecule has 1 aliphatic rings. The van der Waals surface area contributed by atoms with E-state index in [0.717, 1.165) is 31.7 Å². The van der Waals surface area contributed by atoms with E-state index >= 15 is 0 Å². The van der Waals surface area contributed by atoms with Crippen molar-refractivity contribution in [1.82, 2.24) is 5.43 Å². The molecule has 0 saturated heterocycles. The third-order valence-electron chi connectivity index (χ3n) is 4.08. The molecule has 0 bridgehead atoms. The Labute approximate surface area is 118 Å². The molecule has 3 N–H and O–H groups in total. The number of halogens is 2. The fourth-order valence-corrected chi connectivity index (χ4v) is 3.22. The van der Waals surface area contributed by atoms with Gasteiger partial charge >= 0.3 is 0 Å². The number of hydrogen-bond donors (Lipinski definition) is 2. The van der Waals surface area contributed by atoms with Crippen LogP contribution in [0.4, 0.5) is 8.78 Å². The van der Waals surface area contributed by atoms with Gasteiger partial charge in [-0.05, 0) is 43.9 Å². The van der Waals surface area contributed by atoms with Gasteiger partial charge in [0.1, 0.15) is 11.6 Å². The minimum Gasteiger partial charge on any atom is -0.374 e. The van der Waals surface area contributed by atoms with E-state index in [-0.39, 0.29) is 11.6 Å². The van der Waals surface area contributed by atoms with Crippen LogP contribution in [-0.2, 0) is 11.2 Å². The lowest BCUT2D eigenvalue weighted by Crippen LogP contribution is -2.54. The van der Waals surface area contributed by atoms with Crippen molar-refractivity contribution in [3.05, 3.63) is 35.4 Å². The number of hydrogen-bond acceptors (Lipinski definition) is 3. The molecule has 3 nitrogen and oxygen atoms in total. The minimum atomic E-state index is -0.562. The minimum absolute atomic E-state index is 0.147. The van der Waals surface area contributed by atoms with Crippen molar-refractivity contribution in [3.63, 3.8) is 0 Å². The SMILES string of the molecule is CCOC1(C(Cc2cc(F)cc(F)c2)NN)CCCC1. The smallest absolute Gasteiger partial charge is 0.126 e. The van der Waals surface area contributed by atoms with Crippen molar-refractivity contribution in [2.45, 2.75) is 50.7 Å². The maximum Gasteiger partial charge on any atom is 0.126 e. The van der Waals surface area contributed by atoms with Crippen LogP contribution in [0.15, 0.2) is 18.2 Å². The van der Waals surface area contributed by atoms with Gasteiger partial charge in [0.15, 0.2) is 0 Å². The molecular weight excluding hydrogens is 262 g/mol. The molecule has 1 saturated carbocycles. The van der Waals surface area contributed by atoms with E-state index in [4.69, 9.17) is 10.6 Å². The first-order chi connectivity index (χ1) is 9.59. The normalized spacial score (nSPS) is 19.2. The Balaban J connectivity index is 2.18. The summed E-state index contributed by atoms with van der Waals surface area (Å²) in [6.07, 6.45) is 4.48. The highest BCUT2D eigenvalue weighted by Gasteiger charge is 2.41. The maximum absolute atomic E-state index is 13.3. The van der Waals surface area contributed by atoms with Gasteiger partial charge in [0, 0.05) is 12.7 Å². The van der Waals surface area contributed by atoms with Crippen molar-refractivity contribution < 1.29 is 13.5 Å². The Kier molecular flexibility index (Phi) is 5.07. The third kappa shape index (κ3) is 3.34. The number of nitrogens with two attached hydrogens (primary N) is 1. The average molecular weight is 284 g/mol. The van der Waals surface area contributed by atoms with Crippen LogP contribution in [0.2, 0.25) is 0 Å². The molecule has 0 heterocycles. The van der Waals surface area contributed by atoms with Crippen molar-refractivity contribution in [1.29, 1.82) is 0 Å². The molecule has 1 atom stereocenters. The predicted octanol–water partition coefficient (Wildman–Crippen LogP) is 2.69. The summed E-state index contributed by atoms with van der Waals surface area (Å²) in [6, 6.07) is 3.43. The van der Waals surface area contributed by atoms with Gasteiger partial charge in [-0.1, -0.05) is 12.8 Å². The summed E-state index contributed by atoms with van der Waals surface area (Å²) in [5, 5.41) is 0. The van der Waals surface area contributed by atoms with Gasteiger partial charge < -0.3 is 4.74 Å². The second-order valence-corrected chi connectivity index (χ2v) is 5.41. The fraction of sp³-hybridized carbons (Fsp3) is 0.600. The standard InChI is InChI=1S/C15H22F2N2O/c1-2-20-15(5-3-4-6-15)14(19-18)9-11-7-12(16)10-13(17)8-11/h7-8,10,14,19H,2-6,9,18H2,1H3. The first kappa shape index (κ1) is 15.4. The second kappa shape index (κ2) is 6.61. The monoisotopic (exact) mass is 284 g/mol. The molecule has 1 unspecified atom stereocenters. The molecule has 20 heavy (non-hydrogen) atoms. The van der Waals surface area contributed by atoms with Crippen LogP contribution >= 0.6 is 0 Å². The third-order valence-corrected chi connectivity index (χ3v) is 4.08. The van der Waals surface area contributed by atoms with E-state index in [9.17, 15) is 8.78 Å². The van der Waals surface area contributed by atoms with E-state index in [1.165, 1.54) is 12.1 Å². The summed E-state index contributed by atoms with van der Waals surface area (Å²) in [6.45, 7) is 2.56. The zero-order valence-electron chi connectivity index (χ0n) is 11.8. The molecule has 1 aliphatic carbocycles. The van der Waals surface area contributed by atoms with Gasteiger partial charge in [-0.2, -0.15) is 0 Å². The highest BCUT2D eigenvalue weighted by molar-refractivity contribution is 5.20. The van der Waals surface area contributed by atoms with Crippen LogP contribution in [0.25, 0.3) is 0 Å². The molecule has 2 rings (SSSR count). The maximum atomic E-state index is 13.3. The Bertz CT molecular complexity index is 427. The first-order valence-corrected chi connectivity index (χ1v) is 7.14. The van der Waals surface area contributed by atoms with Crippen LogP contribution < -0.4 is 11.3 Å². The van der Waals surface area contributed by atoms with Crippen molar-refractivity contribution >= 4 is 0 Å². The average Bonchev–Trinajstić information content (AvgIpc) is 2.85. The van der Waals surface area contributed by atoms with E-state index in [1.807, 2.05) is 6.92 Å². The lowest BCUT2D eigenvalue weighted by atomic mass is 9.87. The summed E-state index contributed by atoms with van der Waals surface area (Å²) in [4.78, 5) is 0. The van der Waals surface area contributed by atoms with Gasteiger partial charge in [0.05, 0.1) is 11.6 Å². The molecular formula is C15H22F2N2O. The van der Waals surface area contributed by atoms with Gasteiger partial charge in [-0.25, -0.2) is 8.78 Å². The van der Waals surface area contributed by atoms with E-state index in [0.29, 0.717) is 18.6 Å². The van der Waals surface area contributed by atoms with Crippen molar-refractivity contribution in [2.75, 3.05) is 6.61 Å². The molecule has 0 spiro atoms. The van der Waals surface area contributed by atoms with Crippen molar-refractivity contribution in [3.8, 4) is 0 Å². The number of benzene rings is 1. The quantitative estimate of drug-likeness (QED) is 0.623. The number of ether oxygens (including phenoxy) is 1. The highest BCUT2D eigenvalue weighted by Crippen LogP contribution is 2.37. The van der Waals surface area contributed by atoms with Gasteiger partial charge in [-0.15, -0.1) is 0 Å². The van der Waals surface area contributed by atoms with E-state index in [2.05, 4.69) is 5.43 Å². The van der Waals surface area contributed by atoms with Crippen LogP contribution in [-0.4, -0.2) is 18.2 Å². The zero-order chi connectivity index (χ0) is 14.6. The molecule has 0 amide bonds. The van der Waals surface area contributed by atoms with E-state index < -0.39 is 11.6 Å². The molecule has 0 aliphatic heterocycles. The van der Waals surface area contributed by atoms with Gasteiger partial charge in [-0.3, -0.25) is 11.3 Å². The molecule has 0 radical (unpaired) electrons. The van der Waals surface area contributed by atoms with E-state index in [1.54, 1.807) is 0 Å². The zero-order valence-corrected chi connectivity index (χ0v) is 11.8. The summed E-state index contributed by atoms with van der Waals surface area (Å²) in [5.74, 6) is 4.55. The number of rotatable bonds is 6. The van der Waals surface area contributed by atoms with Gasteiger partial charge in [0.2, 0.25) is 0 Å². The summed E-state index contributed by atoms with van der Waals surface area (Å²) < 4.78 is 32.5. The highest BCUT2D eigenvalue weighted by atomic mass is 19.1. The summed E-state index contributed by atoms with van der Waals surface area (Å²) >= 11 is 0. The first-order valence-electron chi connectivity index (χ1n) is 7.14. The van der Waals surface area contributed by atoms with Crippen LogP contribution in [0, 0.1) is 11.6 Å². The Hall–Kier alpha value is -1.04. The lowest BCUT2D eigenvalue weighted by Gasteiger charge is -2.37. The Morgan fingerprint density at radius 1 is 1.25 bits per heavy atom. The molecule has 5 heteroatoms. The summed E-state index contributed by atoms with van der Waals surface area (Å²) in [7, 11) is 0. The molecule has 1 aromatic rings. The summed E-state index contributed by atoms with van der Waals surface area (Å²) in [5.41, 5.74) is 3.05. The molecule has 1 fully saturated rings. The Morgan fingerprint density at radius 3 is 2.35 bits per heavy atom. The number of nitrogens with one attached hydrogen (secondary N) is 1. The largest absolute Gasteiger partial charge is 0.374 e. The molecule has 0 aromatic heterocycles. The van der Waals surface area contributed by atoms with Crippen LogP contribution in [0.1, 0.15) is 38.2 Å².